The van der Waals surface area contributed by atoms with Crippen molar-refractivity contribution in [1.29, 1.82) is 0 Å². The number of aromatic nitrogens is 1. The van der Waals surface area contributed by atoms with Gasteiger partial charge in [0, 0.05) is 25.2 Å². The number of nitrogens with zero attached hydrogens (tertiary/aromatic N) is 1. The fraction of sp³-hybridized carbons (Fsp3) is 0.478. The number of benzene rings is 1. The Labute approximate surface area is 167 Å². The molecule has 2 rings (SSSR count). The van der Waals surface area contributed by atoms with Crippen molar-refractivity contribution in [3.63, 3.8) is 0 Å². The Hall–Kier alpha value is -2.30. The predicted molar refractivity (Wildman–Crippen MR) is 111 cm³/mol. The van der Waals surface area contributed by atoms with Gasteiger partial charge >= 0.3 is 0 Å². The summed E-state index contributed by atoms with van der Waals surface area (Å²) < 4.78 is 26.8. The highest BCUT2D eigenvalue weighted by molar-refractivity contribution is 5.92. The van der Waals surface area contributed by atoms with Crippen molar-refractivity contribution in [2.24, 2.45) is 5.92 Å². The van der Waals surface area contributed by atoms with Crippen LogP contribution in [0.5, 0.6) is 0 Å². The Balaban J connectivity index is 0.00000190. The van der Waals surface area contributed by atoms with Crippen molar-refractivity contribution >= 4 is 5.91 Å². The van der Waals surface area contributed by atoms with Gasteiger partial charge in [-0.1, -0.05) is 52.0 Å². The molecule has 1 N–H and O–H groups in total. The van der Waals surface area contributed by atoms with E-state index in [1.54, 1.807) is 24.4 Å². The molecule has 3 nitrogen and oxygen atoms in total. The first kappa shape index (κ1) is 23.7. The lowest BCUT2D eigenvalue weighted by Gasteiger charge is -2.12. The highest BCUT2D eigenvalue weighted by Crippen LogP contribution is 2.27. The molecule has 5 heteroatoms. The van der Waals surface area contributed by atoms with Crippen LogP contribution in [0.4, 0.5) is 8.78 Å². The van der Waals surface area contributed by atoms with E-state index in [2.05, 4.69) is 10.3 Å². The van der Waals surface area contributed by atoms with Crippen LogP contribution in [-0.4, -0.2) is 17.4 Å². The topological polar surface area (TPSA) is 42.0 Å². The molecule has 0 unspecified atom stereocenters. The Bertz CT molecular complexity index is 722. The fourth-order valence-corrected chi connectivity index (χ4v) is 2.59. The number of alkyl halides is 2. The molecule has 154 valence electrons. The molecule has 1 heterocycles. The summed E-state index contributed by atoms with van der Waals surface area (Å²) >= 11 is 0. The lowest BCUT2D eigenvalue weighted by molar-refractivity contribution is 0.0174. The van der Waals surface area contributed by atoms with E-state index in [-0.39, 0.29) is 11.5 Å². The molecule has 0 aliphatic rings. The Morgan fingerprint density at radius 3 is 2.36 bits per heavy atom. The first-order chi connectivity index (χ1) is 13.3. The van der Waals surface area contributed by atoms with Gasteiger partial charge in [0.05, 0.1) is 0 Å². The number of rotatable bonds is 8. The zero-order chi connectivity index (χ0) is 21.2. The summed E-state index contributed by atoms with van der Waals surface area (Å²) in [5.41, 5.74) is 2.39. The van der Waals surface area contributed by atoms with Crippen LogP contribution in [0.3, 0.4) is 0 Å². The molecule has 1 amide bonds. The number of carbonyl (C=O) groups excluding carboxylic acids is 1. The van der Waals surface area contributed by atoms with Crippen LogP contribution in [0.1, 0.15) is 68.2 Å². The van der Waals surface area contributed by atoms with Gasteiger partial charge in [0.25, 0.3) is 11.8 Å². The number of nitrogens with one attached hydrogen (secondary N) is 1. The predicted octanol–water partition coefficient (Wildman–Crippen LogP) is 5.78. The van der Waals surface area contributed by atoms with E-state index in [0.717, 1.165) is 37.3 Å². The first-order valence-electron chi connectivity index (χ1n) is 9.96. The maximum absolute atomic E-state index is 13.4. The molecule has 0 saturated carbocycles. The normalized spacial score (nSPS) is 11.0. The summed E-state index contributed by atoms with van der Waals surface area (Å²) in [6.07, 6.45) is 4.05. The van der Waals surface area contributed by atoms with Crippen molar-refractivity contribution in [2.75, 3.05) is 6.54 Å². The molecule has 0 radical (unpaired) electrons. The molecular formula is C23H32F2N2O. The monoisotopic (exact) mass is 390 g/mol. The van der Waals surface area contributed by atoms with E-state index >= 15 is 0 Å². The van der Waals surface area contributed by atoms with Crippen LogP contribution in [0, 0.1) is 5.92 Å². The van der Waals surface area contributed by atoms with Gasteiger partial charge in [-0.05, 0) is 48.4 Å². The molecule has 28 heavy (non-hydrogen) atoms. The maximum Gasteiger partial charge on any atom is 0.270 e. The molecule has 0 atom stereocenters. The number of halogens is 2. The van der Waals surface area contributed by atoms with Crippen LogP contribution in [0.2, 0.25) is 0 Å². The lowest BCUT2D eigenvalue weighted by Crippen LogP contribution is -2.28. The summed E-state index contributed by atoms with van der Waals surface area (Å²) in [6.45, 7) is 9.61. The quantitative estimate of drug-likeness (QED) is 0.621. The Morgan fingerprint density at radius 1 is 1.11 bits per heavy atom. The SMILES string of the molecule is CC.CC(C)CNC(=O)c1ccc(CCCc2cccc(C(C)(F)F)c2)cn1. The molecular weight excluding hydrogens is 358 g/mol. The maximum atomic E-state index is 13.4. The van der Waals surface area contributed by atoms with E-state index < -0.39 is 5.92 Å². The third-order valence-electron chi connectivity index (χ3n) is 4.09. The minimum absolute atomic E-state index is 0.0495. The van der Waals surface area contributed by atoms with Crippen LogP contribution < -0.4 is 5.32 Å². The summed E-state index contributed by atoms with van der Waals surface area (Å²) in [7, 11) is 0. The standard InChI is InChI=1S/C21H26F2N2O.C2H6/c1-15(2)13-25-20(26)19-11-10-17(14-24-19)8-4-6-16-7-5-9-18(12-16)21(3,22)23;1-2/h5,7,9-12,14-15H,4,6,8,13H2,1-3H3,(H,25,26);1-2H3. The molecule has 1 aromatic carbocycles. The zero-order valence-corrected chi connectivity index (χ0v) is 17.6. The minimum Gasteiger partial charge on any atom is -0.350 e. The third kappa shape index (κ3) is 8.15. The lowest BCUT2D eigenvalue weighted by atomic mass is 10.0. The van der Waals surface area contributed by atoms with Gasteiger partial charge < -0.3 is 5.32 Å². The molecule has 0 aliphatic carbocycles. The van der Waals surface area contributed by atoms with Crippen molar-refractivity contribution in [2.45, 2.75) is 59.8 Å². The van der Waals surface area contributed by atoms with Crippen LogP contribution in [0.25, 0.3) is 0 Å². The van der Waals surface area contributed by atoms with Crippen LogP contribution in [-0.2, 0) is 18.8 Å². The van der Waals surface area contributed by atoms with Gasteiger partial charge in [0.15, 0.2) is 0 Å². The number of amides is 1. The average Bonchev–Trinajstić information content (AvgIpc) is 2.68. The molecule has 0 aliphatic heterocycles. The second-order valence-corrected chi connectivity index (χ2v) is 7.10. The Morgan fingerprint density at radius 2 is 1.79 bits per heavy atom. The van der Waals surface area contributed by atoms with Gasteiger partial charge in [-0.25, -0.2) is 8.78 Å². The van der Waals surface area contributed by atoms with E-state index in [0.29, 0.717) is 18.2 Å². The number of hydrogen-bond acceptors (Lipinski definition) is 2. The fourth-order valence-electron chi connectivity index (χ4n) is 2.59. The van der Waals surface area contributed by atoms with Gasteiger partial charge in [-0.15, -0.1) is 0 Å². The summed E-state index contributed by atoms with van der Waals surface area (Å²) in [5.74, 6) is -2.58. The van der Waals surface area contributed by atoms with Crippen LogP contribution in [0.15, 0.2) is 42.6 Å². The van der Waals surface area contributed by atoms with Crippen molar-refractivity contribution in [3.8, 4) is 0 Å². The molecule has 0 saturated heterocycles. The second kappa shape index (κ2) is 11.5. The van der Waals surface area contributed by atoms with Crippen molar-refractivity contribution in [3.05, 3.63) is 65.0 Å². The average molecular weight is 391 g/mol. The van der Waals surface area contributed by atoms with E-state index in [1.165, 1.54) is 6.07 Å². The smallest absolute Gasteiger partial charge is 0.270 e. The molecule has 2 aromatic rings. The zero-order valence-electron chi connectivity index (χ0n) is 17.6. The summed E-state index contributed by atoms with van der Waals surface area (Å²) in [6, 6.07) is 10.2. The first-order valence-corrected chi connectivity index (χ1v) is 9.96. The Kier molecular flexibility index (Phi) is 9.77. The van der Waals surface area contributed by atoms with Gasteiger partial charge in [0.1, 0.15) is 5.69 Å². The largest absolute Gasteiger partial charge is 0.350 e. The molecule has 1 aromatic heterocycles. The van der Waals surface area contributed by atoms with E-state index in [1.807, 2.05) is 39.8 Å². The van der Waals surface area contributed by atoms with Crippen LogP contribution >= 0.6 is 0 Å². The number of aryl methyl sites for hydroxylation is 2. The molecule has 0 spiro atoms. The summed E-state index contributed by atoms with van der Waals surface area (Å²) in [4.78, 5) is 16.2. The molecule has 0 fully saturated rings. The van der Waals surface area contributed by atoms with Gasteiger partial charge in [-0.2, -0.15) is 0 Å². The van der Waals surface area contributed by atoms with Gasteiger partial charge in [-0.3, -0.25) is 9.78 Å². The van der Waals surface area contributed by atoms with Crippen molar-refractivity contribution in [1.82, 2.24) is 10.3 Å². The second-order valence-electron chi connectivity index (χ2n) is 7.10. The van der Waals surface area contributed by atoms with Crippen molar-refractivity contribution < 1.29 is 13.6 Å². The summed E-state index contributed by atoms with van der Waals surface area (Å²) in [5, 5.41) is 2.84. The number of carbonyl (C=O) groups is 1. The van der Waals surface area contributed by atoms with E-state index in [4.69, 9.17) is 0 Å². The molecule has 0 bridgehead atoms. The highest BCUT2D eigenvalue weighted by Gasteiger charge is 2.23. The number of hydrogen-bond donors (Lipinski definition) is 1. The van der Waals surface area contributed by atoms with Gasteiger partial charge in [0.2, 0.25) is 0 Å². The highest BCUT2D eigenvalue weighted by atomic mass is 19.3. The van der Waals surface area contributed by atoms with E-state index in [9.17, 15) is 13.6 Å². The minimum atomic E-state index is -2.81. The third-order valence-corrected chi connectivity index (χ3v) is 4.09. The number of pyridine rings is 1.